The van der Waals surface area contributed by atoms with Crippen molar-refractivity contribution in [3.63, 3.8) is 0 Å². The highest BCUT2D eigenvalue weighted by Gasteiger charge is 2.40. The number of alkyl halides is 3. The quantitative estimate of drug-likeness (QED) is 0.747. The second-order valence-electron chi connectivity index (χ2n) is 6.31. The van der Waals surface area contributed by atoms with Crippen LogP contribution in [0.15, 0.2) is 24.3 Å². The minimum Gasteiger partial charge on any atom is -0.337 e. The number of thiophene rings is 1. The monoisotopic (exact) mass is 445 g/mol. The van der Waals surface area contributed by atoms with Gasteiger partial charge in [0.15, 0.2) is 0 Å². The number of carbonyl (C=O) groups is 3. The van der Waals surface area contributed by atoms with E-state index in [0.717, 1.165) is 11.3 Å². The van der Waals surface area contributed by atoms with Gasteiger partial charge in [-0.2, -0.15) is 13.2 Å². The largest absolute Gasteiger partial charge is 0.471 e. The number of fused-ring (bicyclic) bond motifs is 1. The van der Waals surface area contributed by atoms with E-state index in [4.69, 9.17) is 11.6 Å². The number of halogens is 4. The number of benzene rings is 1. The van der Waals surface area contributed by atoms with Crippen molar-refractivity contribution in [1.29, 1.82) is 0 Å². The van der Waals surface area contributed by atoms with Crippen LogP contribution in [0.1, 0.15) is 27.7 Å². The molecule has 11 heteroatoms. The molecule has 29 heavy (non-hydrogen) atoms. The number of hydrogen-bond donors (Lipinski definition) is 2. The van der Waals surface area contributed by atoms with E-state index in [-0.39, 0.29) is 29.4 Å². The Hall–Kier alpha value is -2.59. The van der Waals surface area contributed by atoms with Gasteiger partial charge in [-0.05, 0) is 36.2 Å². The van der Waals surface area contributed by atoms with Crippen LogP contribution in [0.5, 0.6) is 0 Å². The van der Waals surface area contributed by atoms with Gasteiger partial charge in [-0.25, -0.2) is 0 Å². The Balaban J connectivity index is 1.96. The van der Waals surface area contributed by atoms with E-state index in [2.05, 4.69) is 5.32 Å². The lowest BCUT2D eigenvalue weighted by Gasteiger charge is -2.26. The van der Waals surface area contributed by atoms with Crippen LogP contribution in [-0.2, 0) is 22.6 Å². The first-order valence-corrected chi connectivity index (χ1v) is 9.61. The normalized spacial score (nSPS) is 13.6. The molecule has 0 bridgehead atoms. The van der Waals surface area contributed by atoms with Gasteiger partial charge in [0.1, 0.15) is 5.00 Å². The Morgan fingerprint density at radius 3 is 2.38 bits per heavy atom. The van der Waals surface area contributed by atoms with E-state index < -0.39 is 18.0 Å². The van der Waals surface area contributed by atoms with Gasteiger partial charge in [0, 0.05) is 29.1 Å². The summed E-state index contributed by atoms with van der Waals surface area (Å²) in [6, 6.07) is 6.20. The molecule has 0 spiro atoms. The minimum atomic E-state index is -5.10. The van der Waals surface area contributed by atoms with Crippen LogP contribution in [0.25, 0.3) is 0 Å². The molecule has 0 saturated heterocycles. The maximum absolute atomic E-state index is 12.8. The van der Waals surface area contributed by atoms with E-state index in [1.54, 1.807) is 29.6 Å². The van der Waals surface area contributed by atoms with E-state index in [0.29, 0.717) is 27.7 Å². The molecule has 2 N–H and O–H groups in total. The van der Waals surface area contributed by atoms with Crippen molar-refractivity contribution < 1.29 is 27.6 Å². The number of anilines is 2. The summed E-state index contributed by atoms with van der Waals surface area (Å²) >= 11 is 6.67. The number of nitrogens with one attached hydrogen (secondary N) is 2. The van der Waals surface area contributed by atoms with Crippen LogP contribution in [0.3, 0.4) is 0 Å². The van der Waals surface area contributed by atoms with Crippen molar-refractivity contribution in [1.82, 2.24) is 4.90 Å². The minimum absolute atomic E-state index is 0.0271. The van der Waals surface area contributed by atoms with Crippen LogP contribution in [0, 0.1) is 0 Å². The molecule has 1 aliphatic heterocycles. The smallest absolute Gasteiger partial charge is 0.337 e. The molecule has 1 aromatic heterocycles. The number of rotatable bonds is 3. The summed E-state index contributed by atoms with van der Waals surface area (Å²) < 4.78 is 38.2. The Kier molecular flexibility index (Phi) is 5.85. The Bertz CT molecular complexity index is 973. The number of carbonyl (C=O) groups excluding carboxylic acids is 3. The third-order valence-electron chi connectivity index (χ3n) is 4.32. The van der Waals surface area contributed by atoms with Crippen LogP contribution >= 0.6 is 22.9 Å². The van der Waals surface area contributed by atoms with Crippen molar-refractivity contribution in [2.75, 3.05) is 17.2 Å². The fourth-order valence-corrected chi connectivity index (χ4v) is 4.28. The average Bonchev–Trinajstić information content (AvgIpc) is 2.99. The van der Waals surface area contributed by atoms with Crippen molar-refractivity contribution >= 4 is 51.3 Å². The van der Waals surface area contributed by atoms with E-state index in [1.165, 1.54) is 11.8 Å². The Morgan fingerprint density at radius 1 is 1.14 bits per heavy atom. The van der Waals surface area contributed by atoms with E-state index in [1.807, 2.05) is 0 Å². The molecule has 0 unspecified atom stereocenters. The first kappa shape index (κ1) is 21.1. The molecule has 3 rings (SSSR count). The van der Waals surface area contributed by atoms with Gasteiger partial charge >= 0.3 is 12.1 Å². The molecule has 0 atom stereocenters. The van der Waals surface area contributed by atoms with Gasteiger partial charge in [0.05, 0.1) is 12.1 Å². The van der Waals surface area contributed by atoms with Crippen molar-refractivity contribution in [2.24, 2.45) is 0 Å². The summed E-state index contributed by atoms with van der Waals surface area (Å²) in [5.41, 5.74) is 0.894. The highest BCUT2D eigenvalue weighted by molar-refractivity contribution is 7.17. The zero-order valence-electron chi connectivity index (χ0n) is 15.0. The SMILES string of the molecule is CC(=O)N1CCc2c(sc(NC(=O)C(F)(F)F)c2C(=O)Nc2ccc(Cl)cc2)C1. The Morgan fingerprint density at radius 2 is 1.79 bits per heavy atom. The topological polar surface area (TPSA) is 78.5 Å². The maximum Gasteiger partial charge on any atom is 0.471 e. The molecular weight excluding hydrogens is 431 g/mol. The summed E-state index contributed by atoms with van der Waals surface area (Å²) in [6.07, 6.45) is -4.81. The lowest BCUT2D eigenvalue weighted by molar-refractivity contribution is -0.167. The molecule has 1 aromatic carbocycles. The van der Waals surface area contributed by atoms with E-state index >= 15 is 0 Å². The van der Waals surface area contributed by atoms with Crippen LogP contribution in [-0.4, -0.2) is 35.3 Å². The second kappa shape index (κ2) is 8.03. The van der Waals surface area contributed by atoms with Gasteiger partial charge in [-0.3, -0.25) is 14.4 Å². The highest BCUT2D eigenvalue weighted by Crippen LogP contribution is 2.38. The third kappa shape index (κ3) is 4.70. The summed E-state index contributed by atoms with van der Waals surface area (Å²) in [4.78, 5) is 38.0. The van der Waals surface area contributed by atoms with Crippen LogP contribution in [0.4, 0.5) is 23.9 Å². The molecule has 6 nitrogen and oxygen atoms in total. The predicted molar refractivity (Wildman–Crippen MR) is 103 cm³/mol. The Labute approximate surface area is 172 Å². The molecular formula is C18H15ClF3N3O3S. The van der Waals surface area contributed by atoms with Crippen LogP contribution < -0.4 is 10.6 Å². The summed E-state index contributed by atoms with van der Waals surface area (Å²) in [7, 11) is 0. The van der Waals surface area contributed by atoms with Crippen molar-refractivity contribution in [3.05, 3.63) is 45.3 Å². The molecule has 2 heterocycles. The maximum atomic E-state index is 12.8. The number of hydrogen-bond acceptors (Lipinski definition) is 4. The molecule has 154 valence electrons. The first-order valence-electron chi connectivity index (χ1n) is 8.41. The fourth-order valence-electron chi connectivity index (χ4n) is 2.90. The lowest BCUT2D eigenvalue weighted by atomic mass is 10.0. The summed E-state index contributed by atoms with van der Waals surface area (Å²) in [5, 5.41) is 4.66. The van der Waals surface area contributed by atoms with Crippen molar-refractivity contribution in [3.8, 4) is 0 Å². The zero-order valence-corrected chi connectivity index (χ0v) is 16.6. The first-order chi connectivity index (χ1) is 13.6. The molecule has 3 amide bonds. The number of amides is 3. The highest BCUT2D eigenvalue weighted by atomic mass is 35.5. The van der Waals surface area contributed by atoms with Gasteiger partial charge in [0.25, 0.3) is 5.91 Å². The summed E-state index contributed by atoms with van der Waals surface area (Å²) in [6.45, 7) is 1.88. The van der Waals surface area contributed by atoms with Gasteiger partial charge < -0.3 is 15.5 Å². The molecule has 0 aliphatic carbocycles. The van der Waals surface area contributed by atoms with Crippen LogP contribution in [0.2, 0.25) is 5.02 Å². The predicted octanol–water partition coefficient (Wildman–Crippen LogP) is 4.06. The molecule has 2 aromatic rings. The lowest BCUT2D eigenvalue weighted by Crippen LogP contribution is -2.34. The molecule has 0 fully saturated rings. The van der Waals surface area contributed by atoms with E-state index in [9.17, 15) is 27.6 Å². The fraction of sp³-hybridized carbons (Fsp3) is 0.278. The second-order valence-corrected chi connectivity index (χ2v) is 7.85. The third-order valence-corrected chi connectivity index (χ3v) is 5.70. The van der Waals surface area contributed by atoms with Gasteiger partial charge in [0.2, 0.25) is 5.91 Å². The molecule has 1 aliphatic rings. The van der Waals surface area contributed by atoms with Gasteiger partial charge in [-0.1, -0.05) is 11.6 Å². The average molecular weight is 446 g/mol. The summed E-state index contributed by atoms with van der Waals surface area (Å²) in [5.74, 6) is -3.00. The zero-order chi connectivity index (χ0) is 21.3. The van der Waals surface area contributed by atoms with Crippen molar-refractivity contribution in [2.45, 2.75) is 26.1 Å². The van der Waals surface area contributed by atoms with Gasteiger partial charge in [-0.15, -0.1) is 11.3 Å². The molecule has 0 radical (unpaired) electrons. The standard InChI is InChI=1S/C18H15ClF3N3O3S/c1-9(26)25-7-6-12-13(8-25)29-16(24-17(28)18(20,21)22)14(12)15(27)23-11-4-2-10(19)3-5-11/h2-5H,6-8H2,1H3,(H,23,27)(H,24,28). The molecule has 0 saturated carbocycles. The number of nitrogens with zero attached hydrogens (tertiary/aromatic N) is 1.